The Labute approximate surface area is 241 Å². The van der Waals surface area contributed by atoms with Gasteiger partial charge in [-0.25, -0.2) is 0 Å². The van der Waals surface area contributed by atoms with Gasteiger partial charge in [0.25, 0.3) is 0 Å². The van der Waals surface area contributed by atoms with Crippen LogP contribution < -0.4 is 16.4 Å². The molecule has 0 bridgehead atoms. The van der Waals surface area contributed by atoms with Gasteiger partial charge in [0, 0.05) is 41.6 Å². The highest BCUT2D eigenvalue weighted by Crippen LogP contribution is 2.42. The Morgan fingerprint density at radius 1 is 0.550 bits per heavy atom. The Morgan fingerprint density at radius 2 is 1.32 bits per heavy atom. The van der Waals surface area contributed by atoms with Gasteiger partial charge < -0.3 is 4.57 Å². The van der Waals surface area contributed by atoms with Crippen molar-refractivity contribution < 1.29 is 0 Å². The first kappa shape index (κ1) is 22.7. The third kappa shape index (κ3) is 3.27. The smallest absolute Gasteiger partial charge is 0.249 e. The van der Waals surface area contributed by atoms with Crippen molar-refractivity contribution in [2.24, 2.45) is 0 Å². The van der Waals surface area contributed by atoms with E-state index in [0.717, 1.165) is 0 Å². The molecule has 0 amide bonds. The lowest BCUT2D eigenvalue weighted by molar-refractivity contribution is 1.15. The van der Waals surface area contributed by atoms with E-state index in [1.807, 2.05) is 23.5 Å². The molecular formula is C36H22BNS2. The van der Waals surface area contributed by atoms with E-state index in [9.17, 15) is 0 Å². The predicted octanol–water partition coefficient (Wildman–Crippen LogP) is 7.90. The second-order valence-corrected chi connectivity index (χ2v) is 12.7. The van der Waals surface area contributed by atoms with E-state index in [4.69, 9.17) is 0 Å². The van der Waals surface area contributed by atoms with Gasteiger partial charge in [0.1, 0.15) is 0 Å². The molecule has 0 saturated heterocycles. The summed E-state index contributed by atoms with van der Waals surface area (Å²) in [7, 11) is 0. The quantitative estimate of drug-likeness (QED) is 0.209. The molecule has 7 aromatic rings. The van der Waals surface area contributed by atoms with Crippen LogP contribution in [0.2, 0.25) is 0 Å². The molecule has 1 nitrogen and oxygen atoms in total. The molecule has 1 aromatic heterocycles. The molecule has 40 heavy (non-hydrogen) atoms. The summed E-state index contributed by atoms with van der Waals surface area (Å²) in [4.78, 5) is 5.26. The standard InChI is InChI=1S/C36H22BNS2/c1-3-10-23(11-4-1)24-18-19-27-28-14-9-16-30-36(28)38(31(27)20-24)32-21-26(39-25-12-5-2-6-13-25)22-34-35(32)37(30)29-15-7-8-17-33(29)40-34/h1-22H. The van der Waals surface area contributed by atoms with Gasteiger partial charge in [-0.15, -0.1) is 0 Å². The second-order valence-electron chi connectivity index (χ2n) is 10.5. The molecule has 3 heterocycles. The van der Waals surface area contributed by atoms with Crippen LogP contribution in [0, 0.1) is 0 Å². The van der Waals surface area contributed by atoms with Crippen LogP contribution in [-0.2, 0) is 0 Å². The molecule has 4 heteroatoms. The van der Waals surface area contributed by atoms with Gasteiger partial charge in [-0.1, -0.05) is 126 Å². The summed E-state index contributed by atoms with van der Waals surface area (Å²) in [5.74, 6) is 0. The number of benzene rings is 6. The Morgan fingerprint density at radius 3 is 2.20 bits per heavy atom. The molecule has 0 N–H and O–H groups in total. The highest BCUT2D eigenvalue weighted by molar-refractivity contribution is 8.00. The van der Waals surface area contributed by atoms with Crippen molar-refractivity contribution in [3.63, 3.8) is 0 Å². The van der Waals surface area contributed by atoms with Crippen LogP contribution in [0.3, 0.4) is 0 Å². The molecule has 0 radical (unpaired) electrons. The zero-order valence-corrected chi connectivity index (χ0v) is 23.2. The van der Waals surface area contributed by atoms with E-state index in [2.05, 4.69) is 138 Å². The minimum atomic E-state index is 0.229. The van der Waals surface area contributed by atoms with Gasteiger partial charge in [0.2, 0.25) is 6.71 Å². The molecule has 0 fully saturated rings. The molecule has 0 aliphatic carbocycles. The van der Waals surface area contributed by atoms with Gasteiger partial charge in [0.05, 0.1) is 5.52 Å². The summed E-state index contributed by atoms with van der Waals surface area (Å²) in [5, 5.41) is 2.64. The fourth-order valence-electron chi connectivity index (χ4n) is 6.63. The Balaban J connectivity index is 1.39. The highest BCUT2D eigenvalue weighted by Gasteiger charge is 2.39. The van der Waals surface area contributed by atoms with Crippen molar-refractivity contribution in [2.45, 2.75) is 19.6 Å². The van der Waals surface area contributed by atoms with E-state index in [-0.39, 0.29) is 6.71 Å². The number of hydrogen-bond acceptors (Lipinski definition) is 2. The fourth-order valence-corrected chi connectivity index (χ4v) is 8.82. The van der Waals surface area contributed by atoms with E-state index in [0.29, 0.717) is 0 Å². The molecule has 2 aliphatic rings. The maximum atomic E-state index is 2.56. The number of fused-ring (bicyclic) bond motifs is 7. The van der Waals surface area contributed by atoms with Crippen molar-refractivity contribution in [3.05, 3.63) is 133 Å². The number of nitrogens with zero attached hydrogens (tertiary/aromatic N) is 1. The topological polar surface area (TPSA) is 4.93 Å². The predicted molar refractivity (Wildman–Crippen MR) is 172 cm³/mol. The summed E-state index contributed by atoms with van der Waals surface area (Å²) in [6, 6.07) is 49.2. The van der Waals surface area contributed by atoms with Crippen LogP contribution in [0.5, 0.6) is 0 Å². The lowest BCUT2D eigenvalue weighted by atomic mass is 9.35. The minimum Gasteiger partial charge on any atom is -0.310 e. The molecule has 2 aliphatic heterocycles. The maximum absolute atomic E-state index is 2.56. The van der Waals surface area contributed by atoms with Crippen LogP contribution in [0.4, 0.5) is 0 Å². The summed E-state index contributed by atoms with van der Waals surface area (Å²) in [6.45, 7) is 0.229. The SMILES string of the molecule is c1ccc(Sc2cc3c4c(c2)-n2c5cc(-c6ccccc6)ccc5c5cccc(c52)B4c2ccccc2S3)cc1. The van der Waals surface area contributed by atoms with Crippen molar-refractivity contribution in [3.8, 4) is 16.8 Å². The minimum absolute atomic E-state index is 0.229. The maximum Gasteiger partial charge on any atom is 0.249 e. The lowest BCUT2D eigenvalue weighted by Crippen LogP contribution is -2.58. The van der Waals surface area contributed by atoms with Crippen molar-refractivity contribution in [2.75, 3.05) is 0 Å². The van der Waals surface area contributed by atoms with Crippen LogP contribution in [-0.4, -0.2) is 11.3 Å². The molecular weight excluding hydrogens is 521 g/mol. The number of rotatable bonds is 3. The zero-order valence-electron chi connectivity index (χ0n) is 21.5. The summed E-state index contributed by atoms with van der Waals surface area (Å²) in [5.41, 5.74) is 10.7. The molecule has 0 spiro atoms. The van der Waals surface area contributed by atoms with Gasteiger partial charge >= 0.3 is 0 Å². The van der Waals surface area contributed by atoms with E-state index < -0.39 is 0 Å². The van der Waals surface area contributed by atoms with Crippen LogP contribution in [0.25, 0.3) is 38.6 Å². The second kappa shape index (κ2) is 8.69. The van der Waals surface area contributed by atoms with E-state index >= 15 is 0 Å². The first-order valence-corrected chi connectivity index (χ1v) is 15.3. The van der Waals surface area contributed by atoms with Crippen LogP contribution >= 0.6 is 23.5 Å². The summed E-state index contributed by atoms with van der Waals surface area (Å²) in [6.07, 6.45) is 0. The van der Waals surface area contributed by atoms with Gasteiger partial charge in [-0.2, -0.15) is 0 Å². The van der Waals surface area contributed by atoms with E-state index in [1.54, 1.807) is 0 Å². The third-order valence-electron chi connectivity index (χ3n) is 8.29. The largest absolute Gasteiger partial charge is 0.310 e. The first-order chi connectivity index (χ1) is 19.8. The molecule has 6 aromatic carbocycles. The molecule has 0 atom stereocenters. The highest BCUT2D eigenvalue weighted by atomic mass is 32.2. The number of hydrogen-bond donors (Lipinski definition) is 0. The fraction of sp³-hybridized carbons (Fsp3) is 0. The molecule has 9 rings (SSSR count). The molecule has 0 unspecified atom stereocenters. The van der Waals surface area contributed by atoms with Gasteiger partial charge in [0.15, 0.2) is 0 Å². The normalized spacial score (nSPS) is 12.9. The Bertz CT molecular complexity index is 2120. The molecule has 186 valence electrons. The van der Waals surface area contributed by atoms with Crippen LogP contribution in [0.1, 0.15) is 0 Å². The lowest BCUT2D eigenvalue weighted by Gasteiger charge is -2.33. The number of aromatic nitrogens is 1. The number of para-hydroxylation sites is 1. The third-order valence-corrected chi connectivity index (χ3v) is 10.4. The van der Waals surface area contributed by atoms with Crippen molar-refractivity contribution in [1.82, 2.24) is 4.57 Å². The zero-order chi connectivity index (χ0) is 26.2. The van der Waals surface area contributed by atoms with Crippen molar-refractivity contribution in [1.29, 1.82) is 0 Å². The van der Waals surface area contributed by atoms with Gasteiger partial charge in [-0.05, 0) is 58.5 Å². The van der Waals surface area contributed by atoms with Gasteiger partial charge in [-0.3, -0.25) is 0 Å². The summed E-state index contributed by atoms with van der Waals surface area (Å²) >= 11 is 3.77. The monoisotopic (exact) mass is 543 g/mol. The van der Waals surface area contributed by atoms with Crippen LogP contribution in [0.15, 0.2) is 153 Å². The average Bonchev–Trinajstić information content (AvgIpc) is 3.34. The Kier molecular flexibility index (Phi) is 4.93. The average molecular weight is 544 g/mol. The summed E-state index contributed by atoms with van der Waals surface area (Å²) < 4.78 is 2.56. The van der Waals surface area contributed by atoms with E-state index in [1.165, 1.54) is 74.6 Å². The first-order valence-electron chi connectivity index (χ1n) is 13.6. The van der Waals surface area contributed by atoms with Crippen molar-refractivity contribution >= 4 is 68.4 Å². The Hall–Kier alpha value is -4.12. The molecule has 0 saturated carbocycles.